The molecule has 0 unspecified atom stereocenters. The molecule has 0 radical (unpaired) electrons. The van der Waals surface area contributed by atoms with Crippen molar-refractivity contribution in [1.29, 1.82) is 0 Å². The number of hydroxylamine groups is 2. The van der Waals surface area contributed by atoms with Crippen molar-refractivity contribution in [1.82, 2.24) is 10.4 Å². The third-order valence-electron chi connectivity index (χ3n) is 2.67. The molecular formula is C13H18N2O7S. The first-order chi connectivity index (χ1) is 10.8. The van der Waals surface area contributed by atoms with Crippen molar-refractivity contribution < 1.29 is 32.5 Å². The lowest BCUT2D eigenvalue weighted by molar-refractivity contribution is -0.146. The van der Waals surface area contributed by atoms with E-state index in [1.54, 1.807) is 24.3 Å². The molecule has 0 saturated carbocycles. The topological polar surface area (TPSA) is 133 Å². The third kappa shape index (κ3) is 8.76. The number of carbonyl (C=O) groups excluding carboxylic acids is 1. The first-order valence-electron chi connectivity index (χ1n) is 6.67. The molecule has 0 aliphatic heterocycles. The fraction of sp³-hybridized carbons (Fsp3) is 0.385. The molecule has 0 atom stereocenters. The number of carbonyl (C=O) groups is 2. The first kappa shape index (κ1) is 18.9. The molecule has 0 aliphatic carbocycles. The van der Waals surface area contributed by atoms with Gasteiger partial charge in [-0.2, -0.15) is 13.5 Å². The molecule has 9 nitrogen and oxygen atoms in total. The Kier molecular flexibility index (Phi) is 7.45. The second kappa shape index (κ2) is 9.08. The monoisotopic (exact) mass is 346 g/mol. The van der Waals surface area contributed by atoms with Gasteiger partial charge in [0.2, 0.25) is 5.91 Å². The Morgan fingerprint density at radius 1 is 1.22 bits per heavy atom. The predicted molar refractivity (Wildman–Crippen MR) is 80.0 cm³/mol. The predicted octanol–water partition coefficient (Wildman–Crippen LogP) is 0.492. The summed E-state index contributed by atoms with van der Waals surface area (Å²) in [4.78, 5) is 27.6. The summed E-state index contributed by atoms with van der Waals surface area (Å²) in [5.41, 5.74) is 0.774. The fourth-order valence-corrected chi connectivity index (χ4v) is 1.91. The summed E-state index contributed by atoms with van der Waals surface area (Å²) in [6, 6.07) is 8.92. The van der Waals surface area contributed by atoms with Crippen LogP contribution in [0.3, 0.4) is 0 Å². The van der Waals surface area contributed by atoms with E-state index in [0.29, 0.717) is 5.06 Å². The molecule has 0 fully saturated rings. The van der Waals surface area contributed by atoms with Gasteiger partial charge in [-0.3, -0.25) is 14.2 Å². The summed E-state index contributed by atoms with van der Waals surface area (Å²) in [7, 11) is -4.15. The molecule has 0 aliphatic rings. The molecule has 3 N–H and O–H groups in total. The summed E-state index contributed by atoms with van der Waals surface area (Å²) in [5.74, 6) is -1.16. The van der Waals surface area contributed by atoms with E-state index in [1.807, 2.05) is 6.07 Å². The molecule has 0 saturated heterocycles. The van der Waals surface area contributed by atoms with Crippen molar-refractivity contribution >= 4 is 22.1 Å². The third-order valence-corrected chi connectivity index (χ3v) is 3.39. The largest absolute Gasteiger partial charge is 0.463 e. The van der Waals surface area contributed by atoms with Crippen LogP contribution in [0.1, 0.15) is 12.0 Å². The highest BCUT2D eigenvalue weighted by Gasteiger charge is 2.15. The van der Waals surface area contributed by atoms with Gasteiger partial charge >= 0.3 is 6.09 Å². The molecule has 10 heteroatoms. The van der Waals surface area contributed by atoms with Gasteiger partial charge in [0, 0.05) is 13.0 Å². The molecule has 0 heterocycles. The van der Waals surface area contributed by atoms with E-state index in [9.17, 15) is 18.0 Å². The van der Waals surface area contributed by atoms with Crippen LogP contribution in [0.15, 0.2) is 30.3 Å². The Hall–Kier alpha value is -2.17. The molecule has 1 aromatic carbocycles. The van der Waals surface area contributed by atoms with Crippen LogP contribution < -0.4 is 5.32 Å². The Morgan fingerprint density at radius 3 is 2.43 bits per heavy atom. The van der Waals surface area contributed by atoms with E-state index in [1.165, 1.54) is 0 Å². The van der Waals surface area contributed by atoms with E-state index < -0.39 is 27.9 Å². The van der Waals surface area contributed by atoms with E-state index in [4.69, 9.17) is 14.5 Å². The van der Waals surface area contributed by atoms with Gasteiger partial charge in [-0.05, 0) is 5.56 Å². The molecular weight excluding hydrogens is 328 g/mol. The van der Waals surface area contributed by atoms with Crippen LogP contribution in [0.2, 0.25) is 0 Å². The average molecular weight is 346 g/mol. The maximum Gasteiger partial charge on any atom is 0.431 e. The van der Waals surface area contributed by atoms with E-state index >= 15 is 0 Å². The molecule has 1 aromatic rings. The maximum absolute atomic E-state index is 11.5. The lowest BCUT2D eigenvalue weighted by Gasteiger charge is -2.18. The Bertz CT molecular complexity index is 618. The lowest BCUT2D eigenvalue weighted by atomic mass is 10.2. The van der Waals surface area contributed by atoms with E-state index in [0.717, 1.165) is 5.56 Å². The van der Waals surface area contributed by atoms with Crippen LogP contribution in [-0.2, 0) is 26.4 Å². The van der Waals surface area contributed by atoms with Gasteiger partial charge in [-0.25, -0.2) is 4.79 Å². The highest BCUT2D eigenvalue weighted by Crippen LogP contribution is 2.04. The van der Waals surface area contributed by atoms with Gasteiger partial charge in [-0.1, -0.05) is 30.3 Å². The van der Waals surface area contributed by atoms with Crippen molar-refractivity contribution in [3.05, 3.63) is 35.9 Å². The summed E-state index contributed by atoms with van der Waals surface area (Å²) >= 11 is 0. The van der Waals surface area contributed by atoms with Gasteiger partial charge in [0.25, 0.3) is 10.1 Å². The van der Waals surface area contributed by atoms with Crippen molar-refractivity contribution in [3.63, 3.8) is 0 Å². The molecule has 1 rings (SSSR count). The summed E-state index contributed by atoms with van der Waals surface area (Å²) in [5, 5.41) is 11.9. The number of nitrogens with zero attached hydrogens (tertiary/aromatic N) is 1. The fourth-order valence-electron chi connectivity index (χ4n) is 1.55. The van der Waals surface area contributed by atoms with Gasteiger partial charge in [0.1, 0.15) is 6.61 Å². The number of hydrogen-bond donors (Lipinski definition) is 3. The number of rotatable bonds is 9. The zero-order chi connectivity index (χ0) is 17.3. The van der Waals surface area contributed by atoms with Crippen molar-refractivity contribution in [2.45, 2.75) is 13.0 Å². The van der Waals surface area contributed by atoms with Crippen molar-refractivity contribution in [3.8, 4) is 0 Å². The normalized spacial score (nSPS) is 11.0. The van der Waals surface area contributed by atoms with E-state index in [-0.39, 0.29) is 26.1 Å². The second-order valence-corrected chi connectivity index (χ2v) is 6.10. The van der Waals surface area contributed by atoms with Crippen LogP contribution in [0.25, 0.3) is 0 Å². The second-order valence-electron chi connectivity index (χ2n) is 4.53. The lowest BCUT2D eigenvalue weighted by Crippen LogP contribution is -2.35. The minimum Gasteiger partial charge on any atom is -0.463 e. The molecule has 23 heavy (non-hydrogen) atoms. The smallest absolute Gasteiger partial charge is 0.431 e. The number of carboxylic acid groups (broad SMARTS) is 1. The van der Waals surface area contributed by atoms with Gasteiger partial charge in [0.15, 0.2) is 0 Å². The zero-order valence-electron chi connectivity index (χ0n) is 12.2. The number of nitrogens with one attached hydrogen (secondary N) is 1. The van der Waals surface area contributed by atoms with Crippen LogP contribution in [0.5, 0.6) is 0 Å². The van der Waals surface area contributed by atoms with E-state index in [2.05, 4.69) is 5.32 Å². The number of benzene rings is 1. The van der Waals surface area contributed by atoms with Crippen LogP contribution in [-0.4, -0.2) is 54.0 Å². The first-order valence-corrected chi connectivity index (χ1v) is 8.28. The van der Waals surface area contributed by atoms with Crippen molar-refractivity contribution in [2.24, 2.45) is 0 Å². The molecule has 0 aromatic heterocycles. The Labute approximate surface area is 133 Å². The van der Waals surface area contributed by atoms with Crippen LogP contribution in [0.4, 0.5) is 4.79 Å². The minimum atomic E-state index is -4.15. The van der Waals surface area contributed by atoms with Crippen LogP contribution >= 0.6 is 0 Å². The molecule has 0 spiro atoms. The minimum absolute atomic E-state index is 0.0392. The van der Waals surface area contributed by atoms with Gasteiger partial charge < -0.3 is 10.4 Å². The molecule has 128 valence electrons. The average Bonchev–Trinajstić information content (AvgIpc) is 2.46. The molecule has 0 bridgehead atoms. The Balaban J connectivity index is 2.35. The highest BCUT2D eigenvalue weighted by molar-refractivity contribution is 7.85. The summed E-state index contributed by atoms with van der Waals surface area (Å²) in [6.07, 6.45) is -1.54. The van der Waals surface area contributed by atoms with Gasteiger partial charge in [0.05, 0.1) is 12.3 Å². The number of amides is 2. The zero-order valence-corrected chi connectivity index (χ0v) is 13.0. The quantitative estimate of drug-likeness (QED) is 0.438. The summed E-state index contributed by atoms with van der Waals surface area (Å²) in [6.45, 7) is -0.424. The summed E-state index contributed by atoms with van der Waals surface area (Å²) < 4.78 is 29.5. The number of hydrogen-bond acceptors (Lipinski definition) is 5. The van der Waals surface area contributed by atoms with Crippen LogP contribution in [0, 0.1) is 0 Å². The van der Waals surface area contributed by atoms with Crippen molar-refractivity contribution in [2.75, 3.05) is 18.8 Å². The Morgan fingerprint density at radius 2 is 1.87 bits per heavy atom. The SMILES string of the molecule is O=C(CCN(OCc1ccccc1)C(=O)O)NCCS(=O)(=O)O. The highest BCUT2D eigenvalue weighted by atomic mass is 32.2. The maximum atomic E-state index is 11.5. The molecule has 2 amide bonds. The van der Waals surface area contributed by atoms with Gasteiger partial charge in [-0.15, -0.1) is 0 Å². The standard InChI is InChI=1S/C13H18N2O7S/c16-12(14-7-9-23(19,20)21)6-8-15(13(17)18)22-10-11-4-2-1-3-5-11/h1-5H,6-10H2,(H,14,16)(H,17,18)(H,19,20,21).